The molecule has 0 aliphatic heterocycles. The highest BCUT2D eigenvalue weighted by atomic mass is 32.2. The minimum Gasteiger partial charge on any atom is -0.323 e. The maximum Gasteiger partial charge on any atom is 0.262 e. The number of anilines is 1. The number of benzene rings is 2. The molecule has 7 nitrogen and oxygen atoms in total. The van der Waals surface area contributed by atoms with Crippen molar-refractivity contribution in [2.24, 2.45) is 0 Å². The second-order valence-electron chi connectivity index (χ2n) is 7.01. The van der Waals surface area contributed by atoms with Crippen molar-refractivity contribution in [2.45, 2.75) is 31.5 Å². The Labute approximate surface area is 184 Å². The molecule has 0 atom stereocenters. The van der Waals surface area contributed by atoms with Crippen LogP contribution in [0.5, 0.6) is 0 Å². The molecular formula is C21H18F3N5O2S. The molecule has 0 unspecified atom stereocenters. The van der Waals surface area contributed by atoms with Crippen LogP contribution < -0.4 is 10.9 Å². The third-order valence-electron chi connectivity index (χ3n) is 4.86. The third kappa shape index (κ3) is 3.95. The van der Waals surface area contributed by atoms with E-state index in [2.05, 4.69) is 15.5 Å². The van der Waals surface area contributed by atoms with Gasteiger partial charge in [0.25, 0.3) is 5.56 Å². The highest BCUT2D eigenvalue weighted by molar-refractivity contribution is 7.99. The van der Waals surface area contributed by atoms with Crippen molar-refractivity contribution in [2.75, 3.05) is 11.1 Å². The second-order valence-corrected chi connectivity index (χ2v) is 7.95. The number of halogens is 3. The van der Waals surface area contributed by atoms with Gasteiger partial charge in [-0.3, -0.25) is 18.6 Å². The van der Waals surface area contributed by atoms with Crippen LogP contribution in [-0.2, 0) is 11.3 Å². The normalized spacial score (nSPS) is 11.4. The van der Waals surface area contributed by atoms with Gasteiger partial charge in [-0.15, -0.1) is 10.2 Å². The maximum atomic E-state index is 13.8. The molecule has 0 bridgehead atoms. The summed E-state index contributed by atoms with van der Waals surface area (Å²) in [7, 11) is 0. The number of carbonyl (C=O) groups is 1. The van der Waals surface area contributed by atoms with Gasteiger partial charge in [-0.25, -0.2) is 13.2 Å². The van der Waals surface area contributed by atoms with Crippen molar-refractivity contribution in [3.63, 3.8) is 0 Å². The molecule has 0 aliphatic rings. The summed E-state index contributed by atoms with van der Waals surface area (Å²) >= 11 is 1.02. The van der Waals surface area contributed by atoms with Gasteiger partial charge in [-0.05, 0) is 30.7 Å². The number of fused-ring (bicyclic) bond motifs is 3. The van der Waals surface area contributed by atoms with Gasteiger partial charge in [0.05, 0.1) is 22.3 Å². The number of carbonyl (C=O) groups excluding carboxylic acids is 1. The van der Waals surface area contributed by atoms with Gasteiger partial charge in [0.2, 0.25) is 11.7 Å². The van der Waals surface area contributed by atoms with Gasteiger partial charge in [0.1, 0.15) is 0 Å². The van der Waals surface area contributed by atoms with Crippen LogP contribution in [0.3, 0.4) is 0 Å². The number of unbranched alkanes of at least 4 members (excludes halogenated alkanes) is 1. The van der Waals surface area contributed by atoms with Crippen LogP contribution in [0.1, 0.15) is 19.8 Å². The Morgan fingerprint density at radius 1 is 1.09 bits per heavy atom. The Morgan fingerprint density at radius 2 is 1.88 bits per heavy atom. The largest absolute Gasteiger partial charge is 0.323 e. The Balaban J connectivity index is 1.64. The molecule has 4 rings (SSSR count). The number of amides is 1. The predicted octanol–water partition coefficient (Wildman–Crippen LogP) is 3.99. The number of nitrogens with one attached hydrogen (secondary N) is 1. The summed E-state index contributed by atoms with van der Waals surface area (Å²) in [6, 6.07) is 8.70. The number of hydrogen-bond donors (Lipinski definition) is 1. The topological polar surface area (TPSA) is 81.3 Å². The quantitative estimate of drug-likeness (QED) is 0.333. The predicted molar refractivity (Wildman–Crippen MR) is 115 cm³/mol. The van der Waals surface area contributed by atoms with Gasteiger partial charge in [-0.1, -0.05) is 37.2 Å². The van der Waals surface area contributed by atoms with Gasteiger partial charge in [0, 0.05) is 6.54 Å². The van der Waals surface area contributed by atoms with Gasteiger partial charge >= 0.3 is 0 Å². The lowest BCUT2D eigenvalue weighted by atomic mass is 10.2. The molecule has 0 saturated carbocycles. The van der Waals surface area contributed by atoms with Crippen molar-refractivity contribution in [3.05, 3.63) is 64.2 Å². The average Bonchev–Trinajstić information content (AvgIpc) is 3.22. The average molecular weight is 461 g/mol. The van der Waals surface area contributed by atoms with Crippen LogP contribution >= 0.6 is 11.8 Å². The summed E-state index contributed by atoms with van der Waals surface area (Å²) in [6.45, 7) is 2.49. The van der Waals surface area contributed by atoms with Crippen molar-refractivity contribution >= 4 is 40.0 Å². The van der Waals surface area contributed by atoms with Crippen molar-refractivity contribution in [1.29, 1.82) is 0 Å². The summed E-state index contributed by atoms with van der Waals surface area (Å²) in [5, 5.41) is 11.4. The highest BCUT2D eigenvalue weighted by Crippen LogP contribution is 2.23. The molecule has 0 spiro atoms. The summed E-state index contributed by atoms with van der Waals surface area (Å²) < 4.78 is 43.5. The Bertz CT molecular complexity index is 1390. The summed E-state index contributed by atoms with van der Waals surface area (Å²) in [4.78, 5) is 25.2. The van der Waals surface area contributed by atoms with Crippen LogP contribution in [0.2, 0.25) is 0 Å². The standard InChI is InChI=1S/C21H18F3N5O2S/c1-2-3-10-28-19(31)12-6-4-5-7-15(12)29-20(28)26-27-21(29)32-11-16(30)25-14-9-8-13(22)17(23)18(14)24/h4-9H,2-3,10-11H2,1H3,(H,25,30). The Morgan fingerprint density at radius 3 is 2.66 bits per heavy atom. The minimum absolute atomic E-state index is 0.169. The molecule has 11 heteroatoms. The Hall–Kier alpha value is -3.34. The number of aromatic nitrogens is 4. The zero-order valence-electron chi connectivity index (χ0n) is 16.9. The van der Waals surface area contributed by atoms with Crippen molar-refractivity contribution in [1.82, 2.24) is 19.2 Å². The molecule has 2 heterocycles. The molecule has 2 aromatic carbocycles. The molecule has 166 valence electrons. The second kappa shape index (κ2) is 9.03. The fourth-order valence-corrected chi connectivity index (χ4v) is 4.02. The van der Waals surface area contributed by atoms with E-state index < -0.39 is 29.0 Å². The molecule has 2 aromatic heterocycles. The molecule has 1 N–H and O–H groups in total. The van der Waals surface area contributed by atoms with E-state index in [0.29, 0.717) is 28.4 Å². The Kier molecular flexibility index (Phi) is 6.17. The SMILES string of the molecule is CCCCn1c(=O)c2ccccc2n2c(SCC(=O)Nc3ccc(F)c(F)c3F)nnc12. The number of para-hydroxylation sites is 1. The van der Waals surface area contributed by atoms with E-state index in [1.165, 1.54) is 0 Å². The number of rotatable bonds is 7. The molecule has 0 saturated heterocycles. The van der Waals surface area contributed by atoms with E-state index in [0.717, 1.165) is 36.7 Å². The molecule has 0 fully saturated rings. The fraction of sp³-hybridized carbons (Fsp3) is 0.238. The zero-order valence-corrected chi connectivity index (χ0v) is 17.8. The first-order chi connectivity index (χ1) is 15.4. The first kappa shape index (κ1) is 21.9. The van der Waals surface area contributed by atoms with Crippen molar-refractivity contribution in [3.8, 4) is 0 Å². The van der Waals surface area contributed by atoms with Gasteiger partial charge < -0.3 is 5.32 Å². The molecule has 4 aromatic rings. The summed E-state index contributed by atoms with van der Waals surface area (Å²) in [6.07, 6.45) is 1.67. The van der Waals surface area contributed by atoms with E-state index >= 15 is 0 Å². The van der Waals surface area contributed by atoms with E-state index in [1.807, 2.05) is 6.92 Å². The number of hydrogen-bond acceptors (Lipinski definition) is 5. The van der Waals surface area contributed by atoms with Crippen LogP contribution in [0.4, 0.5) is 18.9 Å². The van der Waals surface area contributed by atoms with E-state index in [4.69, 9.17) is 0 Å². The van der Waals surface area contributed by atoms with Crippen LogP contribution in [0, 0.1) is 17.5 Å². The monoisotopic (exact) mass is 461 g/mol. The maximum absolute atomic E-state index is 13.8. The molecular weight excluding hydrogens is 443 g/mol. The van der Waals surface area contributed by atoms with Crippen molar-refractivity contribution < 1.29 is 18.0 Å². The van der Waals surface area contributed by atoms with E-state index in [-0.39, 0.29) is 11.3 Å². The highest BCUT2D eigenvalue weighted by Gasteiger charge is 2.19. The molecule has 0 aliphatic carbocycles. The van der Waals surface area contributed by atoms with E-state index in [1.54, 1.807) is 33.2 Å². The van der Waals surface area contributed by atoms with Crippen LogP contribution in [0.25, 0.3) is 16.7 Å². The number of nitrogens with zero attached hydrogens (tertiary/aromatic N) is 4. The lowest BCUT2D eigenvalue weighted by Crippen LogP contribution is -2.23. The first-order valence-electron chi connectivity index (χ1n) is 9.85. The summed E-state index contributed by atoms with van der Waals surface area (Å²) in [5.74, 6) is -4.94. The fourth-order valence-electron chi connectivity index (χ4n) is 3.28. The lowest BCUT2D eigenvalue weighted by Gasteiger charge is -2.11. The third-order valence-corrected chi connectivity index (χ3v) is 5.78. The number of thioether (sulfide) groups is 1. The minimum atomic E-state index is -1.66. The van der Waals surface area contributed by atoms with Gasteiger partial charge in [-0.2, -0.15) is 0 Å². The smallest absolute Gasteiger partial charge is 0.262 e. The van der Waals surface area contributed by atoms with Crippen LogP contribution in [-0.4, -0.2) is 30.8 Å². The molecule has 1 amide bonds. The lowest BCUT2D eigenvalue weighted by molar-refractivity contribution is -0.113. The molecule has 0 radical (unpaired) electrons. The first-order valence-corrected chi connectivity index (χ1v) is 10.8. The zero-order chi connectivity index (χ0) is 22.8. The van der Waals surface area contributed by atoms with Gasteiger partial charge in [0.15, 0.2) is 22.6 Å². The summed E-state index contributed by atoms with van der Waals surface area (Å²) in [5.41, 5.74) is -0.0312. The number of aryl methyl sites for hydroxylation is 1. The van der Waals surface area contributed by atoms with Crippen LogP contribution in [0.15, 0.2) is 46.3 Å². The van der Waals surface area contributed by atoms with E-state index in [9.17, 15) is 22.8 Å². The molecule has 32 heavy (non-hydrogen) atoms.